The lowest BCUT2D eigenvalue weighted by atomic mass is 9.96. The Kier molecular flexibility index (Phi) is 5.79. The molecule has 0 atom stereocenters. The molecule has 0 spiro atoms. The summed E-state index contributed by atoms with van der Waals surface area (Å²) in [7, 11) is 0. The average molecular weight is 336 g/mol. The van der Waals surface area contributed by atoms with E-state index in [2.05, 4.69) is 22.3 Å². The third-order valence-corrected chi connectivity index (χ3v) is 5.16. The third-order valence-electron chi connectivity index (χ3n) is 4.91. The van der Waals surface area contributed by atoms with Gasteiger partial charge in [-0.25, -0.2) is 4.79 Å². The van der Waals surface area contributed by atoms with Crippen molar-refractivity contribution in [3.63, 3.8) is 0 Å². The molecule has 5 heteroatoms. The first kappa shape index (κ1) is 16.6. The van der Waals surface area contributed by atoms with Gasteiger partial charge in [-0.05, 0) is 30.5 Å². The molecule has 1 saturated heterocycles. The van der Waals surface area contributed by atoms with Gasteiger partial charge in [0.25, 0.3) is 0 Å². The molecule has 1 N–H and O–H groups in total. The molecular weight excluding hydrogens is 310 g/mol. The summed E-state index contributed by atoms with van der Waals surface area (Å²) in [6.45, 7) is 4.41. The lowest BCUT2D eigenvalue weighted by Gasteiger charge is -2.36. The standard InChI is InChI=1S/C18H26ClN3O/c19-16-8-6-15(7-9-16)14-21-10-12-22(13-11-21)18(23)20-17-4-2-1-3-5-17/h6-9,17H,1-5,10-14H2,(H,20,23). The van der Waals surface area contributed by atoms with Gasteiger partial charge in [-0.2, -0.15) is 0 Å². The fourth-order valence-electron chi connectivity index (χ4n) is 3.47. The minimum absolute atomic E-state index is 0.128. The fraction of sp³-hybridized carbons (Fsp3) is 0.611. The number of nitrogens with zero attached hydrogens (tertiary/aromatic N) is 2. The summed E-state index contributed by atoms with van der Waals surface area (Å²) >= 11 is 5.92. The summed E-state index contributed by atoms with van der Waals surface area (Å²) in [5.74, 6) is 0. The normalized spacial score (nSPS) is 20.5. The van der Waals surface area contributed by atoms with Crippen LogP contribution >= 0.6 is 11.6 Å². The summed E-state index contributed by atoms with van der Waals surface area (Å²) in [4.78, 5) is 16.7. The third kappa shape index (κ3) is 4.85. The van der Waals surface area contributed by atoms with Gasteiger partial charge in [0.15, 0.2) is 0 Å². The highest BCUT2D eigenvalue weighted by Crippen LogP contribution is 2.18. The summed E-state index contributed by atoms with van der Waals surface area (Å²) in [5.41, 5.74) is 1.27. The first-order chi connectivity index (χ1) is 11.2. The highest BCUT2D eigenvalue weighted by atomic mass is 35.5. The van der Waals surface area contributed by atoms with Crippen LogP contribution in [0.15, 0.2) is 24.3 Å². The van der Waals surface area contributed by atoms with E-state index in [9.17, 15) is 4.79 Å². The maximum absolute atomic E-state index is 12.4. The van der Waals surface area contributed by atoms with Crippen molar-refractivity contribution in [1.82, 2.24) is 15.1 Å². The van der Waals surface area contributed by atoms with E-state index in [1.54, 1.807) is 0 Å². The number of piperazine rings is 1. The van der Waals surface area contributed by atoms with E-state index in [-0.39, 0.29) is 6.03 Å². The second kappa shape index (κ2) is 8.02. The molecule has 23 heavy (non-hydrogen) atoms. The topological polar surface area (TPSA) is 35.6 Å². The van der Waals surface area contributed by atoms with E-state index in [1.807, 2.05) is 17.0 Å². The fourth-order valence-corrected chi connectivity index (χ4v) is 3.60. The van der Waals surface area contributed by atoms with Crippen LogP contribution in [0.2, 0.25) is 5.02 Å². The molecule has 0 aromatic heterocycles. The van der Waals surface area contributed by atoms with Gasteiger partial charge in [-0.3, -0.25) is 4.90 Å². The van der Waals surface area contributed by atoms with Gasteiger partial charge in [0.1, 0.15) is 0 Å². The summed E-state index contributed by atoms with van der Waals surface area (Å²) < 4.78 is 0. The van der Waals surface area contributed by atoms with Crippen LogP contribution < -0.4 is 5.32 Å². The molecule has 126 valence electrons. The number of carbonyl (C=O) groups excluding carboxylic acids is 1. The molecule has 0 bridgehead atoms. The minimum atomic E-state index is 0.128. The van der Waals surface area contributed by atoms with Gasteiger partial charge < -0.3 is 10.2 Å². The molecule has 0 unspecified atom stereocenters. The molecule has 1 aliphatic carbocycles. The predicted octanol–water partition coefficient (Wildman–Crippen LogP) is 3.50. The van der Waals surface area contributed by atoms with E-state index in [4.69, 9.17) is 11.6 Å². The first-order valence-electron chi connectivity index (χ1n) is 8.73. The van der Waals surface area contributed by atoms with Crippen LogP contribution in [-0.2, 0) is 6.54 Å². The SMILES string of the molecule is O=C(NC1CCCCC1)N1CCN(Cc2ccc(Cl)cc2)CC1. The van der Waals surface area contributed by atoms with Crippen LogP contribution in [0.5, 0.6) is 0 Å². The number of amides is 2. The van der Waals surface area contributed by atoms with Crippen molar-refractivity contribution in [1.29, 1.82) is 0 Å². The molecule has 1 aliphatic heterocycles. The molecule has 1 aromatic carbocycles. The Hall–Kier alpha value is -1.26. The van der Waals surface area contributed by atoms with Crippen LogP contribution in [-0.4, -0.2) is 48.1 Å². The van der Waals surface area contributed by atoms with Crippen molar-refractivity contribution in [2.24, 2.45) is 0 Å². The Morgan fingerprint density at radius 1 is 1.04 bits per heavy atom. The Morgan fingerprint density at radius 2 is 1.70 bits per heavy atom. The number of halogens is 1. The number of nitrogens with one attached hydrogen (secondary N) is 1. The van der Waals surface area contributed by atoms with E-state index in [0.29, 0.717) is 6.04 Å². The van der Waals surface area contributed by atoms with Gasteiger partial charge in [0, 0.05) is 43.8 Å². The first-order valence-corrected chi connectivity index (χ1v) is 9.11. The second-order valence-electron chi connectivity index (χ2n) is 6.67. The number of urea groups is 1. The van der Waals surface area contributed by atoms with Crippen LogP contribution in [0.4, 0.5) is 4.79 Å². The molecule has 1 heterocycles. The van der Waals surface area contributed by atoms with Gasteiger partial charge in [-0.15, -0.1) is 0 Å². The van der Waals surface area contributed by atoms with E-state index < -0.39 is 0 Å². The monoisotopic (exact) mass is 335 g/mol. The zero-order chi connectivity index (χ0) is 16.1. The Balaban J connectivity index is 1.42. The molecule has 1 aromatic rings. The molecule has 4 nitrogen and oxygen atoms in total. The van der Waals surface area contributed by atoms with Crippen LogP contribution in [0, 0.1) is 0 Å². The van der Waals surface area contributed by atoms with Crippen LogP contribution in [0.25, 0.3) is 0 Å². The zero-order valence-corrected chi connectivity index (χ0v) is 14.4. The number of benzene rings is 1. The smallest absolute Gasteiger partial charge is 0.317 e. The largest absolute Gasteiger partial charge is 0.335 e. The summed E-state index contributed by atoms with van der Waals surface area (Å²) in [6, 6.07) is 8.54. The van der Waals surface area contributed by atoms with Crippen molar-refractivity contribution < 1.29 is 4.79 Å². The number of hydrogen-bond acceptors (Lipinski definition) is 2. The number of hydrogen-bond donors (Lipinski definition) is 1. The van der Waals surface area contributed by atoms with Gasteiger partial charge in [0.2, 0.25) is 0 Å². The van der Waals surface area contributed by atoms with Gasteiger partial charge in [-0.1, -0.05) is 43.0 Å². The maximum Gasteiger partial charge on any atom is 0.317 e. The maximum atomic E-state index is 12.4. The van der Waals surface area contributed by atoms with Crippen molar-refractivity contribution in [3.8, 4) is 0 Å². The highest BCUT2D eigenvalue weighted by Gasteiger charge is 2.23. The Labute approximate surface area is 143 Å². The highest BCUT2D eigenvalue weighted by molar-refractivity contribution is 6.30. The molecule has 2 aliphatic rings. The molecule has 1 saturated carbocycles. The second-order valence-corrected chi connectivity index (χ2v) is 7.11. The molecular formula is C18H26ClN3O. The van der Waals surface area contributed by atoms with Crippen molar-refractivity contribution in [3.05, 3.63) is 34.9 Å². The average Bonchev–Trinajstić information content (AvgIpc) is 2.58. The Bertz CT molecular complexity index is 506. The quantitative estimate of drug-likeness (QED) is 0.917. The summed E-state index contributed by atoms with van der Waals surface area (Å²) in [5, 5.41) is 3.99. The molecule has 0 radical (unpaired) electrons. The van der Waals surface area contributed by atoms with E-state index in [0.717, 1.165) is 50.6 Å². The van der Waals surface area contributed by atoms with Gasteiger partial charge in [0.05, 0.1) is 0 Å². The predicted molar refractivity (Wildman–Crippen MR) is 93.7 cm³/mol. The van der Waals surface area contributed by atoms with Crippen molar-refractivity contribution in [2.75, 3.05) is 26.2 Å². The zero-order valence-electron chi connectivity index (χ0n) is 13.6. The number of rotatable bonds is 3. The van der Waals surface area contributed by atoms with Crippen molar-refractivity contribution in [2.45, 2.75) is 44.7 Å². The van der Waals surface area contributed by atoms with Crippen LogP contribution in [0.3, 0.4) is 0 Å². The Morgan fingerprint density at radius 3 is 2.35 bits per heavy atom. The van der Waals surface area contributed by atoms with E-state index in [1.165, 1.54) is 24.8 Å². The van der Waals surface area contributed by atoms with Gasteiger partial charge >= 0.3 is 6.03 Å². The van der Waals surface area contributed by atoms with Crippen LogP contribution in [0.1, 0.15) is 37.7 Å². The molecule has 2 fully saturated rings. The molecule has 3 rings (SSSR count). The minimum Gasteiger partial charge on any atom is -0.335 e. The van der Waals surface area contributed by atoms with E-state index >= 15 is 0 Å². The lowest BCUT2D eigenvalue weighted by Crippen LogP contribution is -2.53. The molecule has 2 amide bonds. The lowest BCUT2D eigenvalue weighted by molar-refractivity contribution is 0.132. The van der Waals surface area contributed by atoms with Crippen molar-refractivity contribution >= 4 is 17.6 Å². The summed E-state index contributed by atoms with van der Waals surface area (Å²) in [6.07, 6.45) is 6.10. The number of carbonyl (C=O) groups is 1.